The summed E-state index contributed by atoms with van der Waals surface area (Å²) >= 11 is 0. The van der Waals surface area contributed by atoms with Gasteiger partial charge in [0.15, 0.2) is 6.19 Å². The van der Waals surface area contributed by atoms with E-state index in [-0.39, 0.29) is 5.91 Å². The number of hydrogen-bond donors (Lipinski definition) is 1. The van der Waals surface area contributed by atoms with Crippen LogP contribution in [0.1, 0.15) is 16.9 Å². The average molecular weight is 295 g/mol. The number of hydrogen-bond acceptors (Lipinski definition) is 4. The van der Waals surface area contributed by atoms with Gasteiger partial charge >= 0.3 is 0 Å². The highest BCUT2D eigenvalue weighted by molar-refractivity contribution is 5.92. The molecule has 0 radical (unpaired) electrons. The van der Waals surface area contributed by atoms with Crippen LogP contribution in [0.4, 0.5) is 0 Å². The lowest BCUT2D eigenvalue weighted by Crippen LogP contribution is -2.30. The van der Waals surface area contributed by atoms with Crippen molar-refractivity contribution in [3.63, 3.8) is 0 Å². The summed E-state index contributed by atoms with van der Waals surface area (Å²) in [6.07, 6.45) is 6.44. The molecule has 112 valence electrons. The third kappa shape index (κ3) is 3.09. The highest BCUT2D eigenvalue weighted by Gasteiger charge is 2.22. The van der Waals surface area contributed by atoms with Crippen molar-refractivity contribution in [1.82, 2.24) is 19.8 Å². The number of benzene rings is 1. The van der Waals surface area contributed by atoms with Gasteiger partial charge in [0, 0.05) is 31.5 Å². The van der Waals surface area contributed by atoms with Gasteiger partial charge in [0.1, 0.15) is 12.0 Å². The Morgan fingerprint density at radius 1 is 1.41 bits per heavy atom. The van der Waals surface area contributed by atoms with E-state index in [1.165, 1.54) is 0 Å². The van der Waals surface area contributed by atoms with E-state index in [0.29, 0.717) is 18.2 Å². The van der Waals surface area contributed by atoms with Gasteiger partial charge in [-0.3, -0.25) is 4.79 Å². The lowest BCUT2D eigenvalue weighted by Gasteiger charge is -2.10. The molecule has 6 nitrogen and oxygen atoms in total. The summed E-state index contributed by atoms with van der Waals surface area (Å²) < 4.78 is 1.82. The first-order valence-corrected chi connectivity index (χ1v) is 7.28. The van der Waals surface area contributed by atoms with E-state index < -0.39 is 0 Å². The van der Waals surface area contributed by atoms with Gasteiger partial charge in [-0.2, -0.15) is 5.26 Å². The first-order chi connectivity index (χ1) is 10.8. The molecule has 1 saturated heterocycles. The normalized spacial score (nSPS) is 17.2. The molecule has 2 aromatic rings. The van der Waals surface area contributed by atoms with Crippen LogP contribution >= 0.6 is 0 Å². The molecule has 1 fully saturated rings. The Labute approximate surface area is 129 Å². The SMILES string of the molecule is N#CN1CC[C@H](CNC(=O)c2cn(-c3ccccc3)cn2)C1. The van der Waals surface area contributed by atoms with Crippen molar-refractivity contribution in [1.29, 1.82) is 5.26 Å². The third-order valence-electron chi connectivity index (χ3n) is 3.85. The van der Waals surface area contributed by atoms with E-state index >= 15 is 0 Å². The first-order valence-electron chi connectivity index (χ1n) is 7.28. The number of nitrogens with one attached hydrogen (secondary N) is 1. The Balaban J connectivity index is 1.57. The second-order valence-electron chi connectivity index (χ2n) is 5.41. The zero-order chi connectivity index (χ0) is 15.4. The maximum atomic E-state index is 12.1. The van der Waals surface area contributed by atoms with Gasteiger partial charge in [0.2, 0.25) is 0 Å². The Kier molecular flexibility index (Phi) is 4.05. The van der Waals surface area contributed by atoms with Crippen LogP contribution in [0.25, 0.3) is 5.69 Å². The molecule has 3 rings (SSSR count). The van der Waals surface area contributed by atoms with Gasteiger partial charge < -0.3 is 14.8 Å². The van der Waals surface area contributed by atoms with Crippen LogP contribution in [0.2, 0.25) is 0 Å². The van der Waals surface area contributed by atoms with Crippen molar-refractivity contribution in [2.24, 2.45) is 5.92 Å². The van der Waals surface area contributed by atoms with Crippen LogP contribution in [0.5, 0.6) is 0 Å². The summed E-state index contributed by atoms with van der Waals surface area (Å²) in [5.74, 6) is 0.157. The number of nitriles is 1. The van der Waals surface area contributed by atoms with Gasteiger partial charge in [0.25, 0.3) is 5.91 Å². The number of carbonyl (C=O) groups excluding carboxylic acids is 1. The molecule has 1 aromatic carbocycles. The third-order valence-corrected chi connectivity index (χ3v) is 3.85. The summed E-state index contributed by atoms with van der Waals surface area (Å²) in [7, 11) is 0. The Morgan fingerprint density at radius 3 is 2.95 bits per heavy atom. The molecule has 0 bridgehead atoms. The van der Waals surface area contributed by atoms with Crippen molar-refractivity contribution in [3.05, 3.63) is 48.5 Å². The molecule has 1 N–H and O–H groups in total. The van der Waals surface area contributed by atoms with Crippen molar-refractivity contribution < 1.29 is 4.79 Å². The van der Waals surface area contributed by atoms with Gasteiger partial charge in [-0.05, 0) is 24.5 Å². The van der Waals surface area contributed by atoms with Crippen LogP contribution < -0.4 is 5.32 Å². The standard InChI is InChI=1S/C16H17N5O/c17-11-20-7-6-13(9-20)8-18-16(22)15-10-21(12-19-15)14-4-2-1-3-5-14/h1-5,10,12-13H,6-9H2,(H,18,22)/t13-/m1/s1. The summed E-state index contributed by atoms with van der Waals surface area (Å²) in [5, 5.41) is 11.7. The minimum Gasteiger partial charge on any atom is -0.350 e. The van der Waals surface area contributed by atoms with Crippen LogP contribution in [0.15, 0.2) is 42.9 Å². The van der Waals surface area contributed by atoms with Gasteiger partial charge in [-0.1, -0.05) is 18.2 Å². The number of aromatic nitrogens is 2. The van der Waals surface area contributed by atoms with Gasteiger partial charge in [0.05, 0.1) is 0 Å². The highest BCUT2D eigenvalue weighted by Crippen LogP contribution is 2.14. The molecule has 1 aliphatic rings. The predicted molar refractivity (Wildman–Crippen MR) is 81.2 cm³/mol. The molecule has 1 aliphatic heterocycles. The van der Waals surface area contributed by atoms with E-state index in [4.69, 9.17) is 5.26 Å². The van der Waals surface area contributed by atoms with Crippen molar-refractivity contribution in [2.45, 2.75) is 6.42 Å². The van der Waals surface area contributed by atoms with Crippen molar-refractivity contribution in [3.8, 4) is 11.9 Å². The zero-order valence-corrected chi connectivity index (χ0v) is 12.1. The number of likely N-dealkylation sites (tertiary alicyclic amines) is 1. The molecule has 0 unspecified atom stereocenters. The molecule has 22 heavy (non-hydrogen) atoms. The molecular formula is C16H17N5O. The van der Waals surface area contributed by atoms with Crippen LogP contribution in [0, 0.1) is 17.4 Å². The predicted octanol–water partition coefficient (Wildman–Crippen LogP) is 1.41. The lowest BCUT2D eigenvalue weighted by molar-refractivity contribution is 0.0943. The van der Waals surface area contributed by atoms with Crippen LogP contribution in [-0.4, -0.2) is 40.0 Å². The van der Waals surface area contributed by atoms with E-state index in [1.54, 1.807) is 17.4 Å². The molecule has 0 saturated carbocycles. The Bertz CT molecular complexity index is 688. The number of rotatable bonds is 4. The topological polar surface area (TPSA) is 74.0 Å². The fraction of sp³-hybridized carbons (Fsp3) is 0.312. The number of imidazole rings is 1. The second-order valence-corrected chi connectivity index (χ2v) is 5.41. The van der Waals surface area contributed by atoms with Crippen LogP contribution in [-0.2, 0) is 0 Å². The van der Waals surface area contributed by atoms with Crippen LogP contribution in [0.3, 0.4) is 0 Å². The number of amides is 1. The fourth-order valence-corrected chi connectivity index (χ4v) is 2.60. The maximum absolute atomic E-state index is 12.1. The van der Waals surface area contributed by atoms with Crippen molar-refractivity contribution >= 4 is 5.91 Å². The summed E-state index contributed by atoms with van der Waals surface area (Å²) in [6, 6.07) is 9.74. The smallest absolute Gasteiger partial charge is 0.271 e. The first kappa shape index (κ1) is 14.1. The lowest BCUT2D eigenvalue weighted by atomic mass is 10.1. The Hall–Kier alpha value is -2.81. The zero-order valence-electron chi connectivity index (χ0n) is 12.1. The Morgan fingerprint density at radius 2 is 2.23 bits per heavy atom. The average Bonchev–Trinajstić information content (AvgIpc) is 3.22. The highest BCUT2D eigenvalue weighted by atomic mass is 16.1. The maximum Gasteiger partial charge on any atom is 0.271 e. The fourth-order valence-electron chi connectivity index (χ4n) is 2.60. The molecule has 1 aromatic heterocycles. The van der Waals surface area contributed by atoms with Gasteiger partial charge in [-0.15, -0.1) is 0 Å². The molecule has 6 heteroatoms. The molecule has 1 atom stereocenters. The van der Waals surface area contributed by atoms with E-state index in [0.717, 1.165) is 25.2 Å². The summed E-state index contributed by atoms with van der Waals surface area (Å²) in [4.78, 5) is 18.0. The van der Waals surface area contributed by atoms with Gasteiger partial charge in [-0.25, -0.2) is 4.98 Å². The molecule has 0 spiro atoms. The van der Waals surface area contributed by atoms with Crippen molar-refractivity contribution in [2.75, 3.05) is 19.6 Å². The van der Waals surface area contributed by atoms with E-state index in [9.17, 15) is 4.79 Å². The molecule has 2 heterocycles. The van der Waals surface area contributed by atoms with E-state index in [1.807, 2.05) is 34.9 Å². The summed E-state index contributed by atoms with van der Waals surface area (Å²) in [6.45, 7) is 2.07. The second kappa shape index (κ2) is 6.31. The minimum atomic E-state index is -0.176. The largest absolute Gasteiger partial charge is 0.350 e. The molecule has 0 aliphatic carbocycles. The minimum absolute atomic E-state index is 0.176. The monoisotopic (exact) mass is 295 g/mol. The quantitative estimate of drug-likeness (QED) is 0.865. The number of para-hydroxylation sites is 1. The molecule has 1 amide bonds. The number of nitrogens with zero attached hydrogens (tertiary/aromatic N) is 4. The summed E-state index contributed by atoms with van der Waals surface area (Å²) in [5.41, 5.74) is 1.37. The molecular weight excluding hydrogens is 278 g/mol. The number of carbonyl (C=O) groups is 1. The van der Waals surface area contributed by atoms with E-state index in [2.05, 4.69) is 16.5 Å².